The van der Waals surface area contributed by atoms with E-state index in [1.165, 1.54) is 6.07 Å². The van der Waals surface area contributed by atoms with Crippen molar-refractivity contribution in [3.05, 3.63) is 34.6 Å². The summed E-state index contributed by atoms with van der Waals surface area (Å²) in [4.78, 5) is 0. The quantitative estimate of drug-likeness (QED) is 0.613. The molecule has 3 nitrogen and oxygen atoms in total. The number of nitrogens with two attached hydrogens (primary N) is 1. The van der Waals surface area contributed by atoms with Crippen molar-refractivity contribution in [1.82, 2.24) is 5.43 Å². The van der Waals surface area contributed by atoms with E-state index in [9.17, 15) is 4.39 Å². The third-order valence-electron chi connectivity index (χ3n) is 2.87. The lowest BCUT2D eigenvalue weighted by atomic mass is 9.95. The fourth-order valence-corrected chi connectivity index (χ4v) is 2.13. The maximum Gasteiger partial charge on any atom is 0.128 e. The SMILES string of the molecule is CCOC(C)C(NN)c1c(C)cc(C)cc1F. The summed E-state index contributed by atoms with van der Waals surface area (Å²) in [5.41, 5.74) is 5.01. The monoisotopic (exact) mass is 240 g/mol. The van der Waals surface area contributed by atoms with Gasteiger partial charge in [-0.25, -0.2) is 4.39 Å². The Morgan fingerprint density at radius 2 is 2.06 bits per heavy atom. The van der Waals surface area contributed by atoms with Crippen LogP contribution in [0, 0.1) is 19.7 Å². The standard InChI is InChI=1S/C13H21FN2O/c1-5-17-10(4)13(16-15)12-9(3)6-8(2)7-11(12)14/h6-7,10,13,16H,5,15H2,1-4H3. The summed E-state index contributed by atoms with van der Waals surface area (Å²) in [7, 11) is 0. The van der Waals surface area contributed by atoms with Crippen LogP contribution in [0.5, 0.6) is 0 Å². The topological polar surface area (TPSA) is 47.3 Å². The Bertz CT molecular complexity index is 359. The number of hydrogen-bond donors (Lipinski definition) is 2. The maximum absolute atomic E-state index is 14.0. The Labute approximate surface area is 102 Å². The summed E-state index contributed by atoms with van der Waals surface area (Å²) in [5.74, 6) is 5.28. The number of rotatable bonds is 5. The number of nitrogens with one attached hydrogen (secondary N) is 1. The van der Waals surface area contributed by atoms with Crippen molar-refractivity contribution >= 4 is 0 Å². The molecule has 0 bridgehead atoms. The number of benzene rings is 1. The van der Waals surface area contributed by atoms with Crippen LogP contribution in [0.1, 0.15) is 36.6 Å². The summed E-state index contributed by atoms with van der Waals surface area (Å²) >= 11 is 0. The molecule has 0 saturated heterocycles. The van der Waals surface area contributed by atoms with Crippen molar-refractivity contribution in [2.75, 3.05) is 6.61 Å². The summed E-state index contributed by atoms with van der Waals surface area (Å²) in [5, 5.41) is 0. The molecule has 1 rings (SSSR count). The first kappa shape index (κ1) is 14.1. The molecule has 0 aliphatic carbocycles. The van der Waals surface area contributed by atoms with E-state index < -0.39 is 0 Å². The molecule has 0 spiro atoms. The average Bonchev–Trinajstić information content (AvgIpc) is 2.23. The average molecular weight is 240 g/mol. The highest BCUT2D eigenvalue weighted by Gasteiger charge is 2.23. The van der Waals surface area contributed by atoms with Crippen molar-refractivity contribution in [2.24, 2.45) is 5.84 Å². The maximum atomic E-state index is 14.0. The number of hydrogen-bond acceptors (Lipinski definition) is 3. The first-order valence-electron chi connectivity index (χ1n) is 5.85. The Morgan fingerprint density at radius 3 is 2.53 bits per heavy atom. The van der Waals surface area contributed by atoms with Crippen LogP contribution in [-0.2, 0) is 4.74 Å². The zero-order valence-corrected chi connectivity index (χ0v) is 10.9. The van der Waals surface area contributed by atoms with Gasteiger partial charge in [0.1, 0.15) is 5.82 Å². The highest BCUT2D eigenvalue weighted by Crippen LogP contribution is 2.26. The number of aryl methyl sites for hydroxylation is 2. The molecule has 1 aromatic rings. The zero-order valence-electron chi connectivity index (χ0n) is 10.9. The Hall–Kier alpha value is -0.970. The van der Waals surface area contributed by atoms with E-state index in [0.29, 0.717) is 12.2 Å². The van der Waals surface area contributed by atoms with Gasteiger partial charge in [-0.05, 0) is 44.9 Å². The summed E-state index contributed by atoms with van der Waals surface area (Å²) in [6, 6.07) is 3.13. The minimum absolute atomic E-state index is 0.180. The predicted molar refractivity (Wildman–Crippen MR) is 67.0 cm³/mol. The molecule has 0 aliphatic heterocycles. The van der Waals surface area contributed by atoms with Gasteiger partial charge in [0.2, 0.25) is 0 Å². The van der Waals surface area contributed by atoms with Crippen molar-refractivity contribution in [1.29, 1.82) is 0 Å². The molecule has 0 heterocycles. The van der Waals surface area contributed by atoms with Gasteiger partial charge in [-0.1, -0.05) is 6.07 Å². The molecular weight excluding hydrogens is 219 g/mol. The molecule has 0 radical (unpaired) electrons. The van der Waals surface area contributed by atoms with E-state index >= 15 is 0 Å². The predicted octanol–water partition coefficient (Wildman–Crippen LogP) is 2.37. The second-order valence-corrected chi connectivity index (χ2v) is 4.28. The van der Waals surface area contributed by atoms with Crippen LogP contribution >= 0.6 is 0 Å². The fourth-order valence-electron chi connectivity index (χ4n) is 2.13. The van der Waals surface area contributed by atoms with E-state index in [-0.39, 0.29) is 18.0 Å². The van der Waals surface area contributed by atoms with Gasteiger partial charge < -0.3 is 4.74 Å². The molecule has 17 heavy (non-hydrogen) atoms. The molecule has 3 N–H and O–H groups in total. The molecule has 0 saturated carbocycles. The summed E-state index contributed by atoms with van der Waals surface area (Å²) in [6.45, 7) is 8.12. The van der Waals surface area contributed by atoms with Gasteiger partial charge in [0.25, 0.3) is 0 Å². The highest BCUT2D eigenvalue weighted by atomic mass is 19.1. The minimum Gasteiger partial charge on any atom is -0.377 e. The molecule has 0 aromatic heterocycles. The van der Waals surface area contributed by atoms with Gasteiger partial charge in [-0.2, -0.15) is 0 Å². The molecule has 2 unspecified atom stereocenters. The van der Waals surface area contributed by atoms with Crippen LogP contribution in [-0.4, -0.2) is 12.7 Å². The van der Waals surface area contributed by atoms with Gasteiger partial charge >= 0.3 is 0 Å². The van der Waals surface area contributed by atoms with Gasteiger partial charge in [-0.15, -0.1) is 0 Å². The van der Waals surface area contributed by atoms with Crippen molar-refractivity contribution < 1.29 is 9.13 Å². The lowest BCUT2D eigenvalue weighted by molar-refractivity contribution is 0.0461. The second kappa shape index (κ2) is 6.10. The van der Waals surface area contributed by atoms with Crippen LogP contribution < -0.4 is 11.3 Å². The Balaban J connectivity index is 3.11. The first-order valence-corrected chi connectivity index (χ1v) is 5.85. The third-order valence-corrected chi connectivity index (χ3v) is 2.87. The van der Waals surface area contributed by atoms with Gasteiger partial charge in [0.05, 0.1) is 12.1 Å². The van der Waals surface area contributed by atoms with Crippen molar-refractivity contribution in [3.63, 3.8) is 0 Å². The Kier molecular flexibility index (Phi) is 5.05. The molecule has 0 aliphatic rings. The van der Waals surface area contributed by atoms with Crippen LogP contribution in [0.2, 0.25) is 0 Å². The largest absolute Gasteiger partial charge is 0.377 e. The highest BCUT2D eigenvalue weighted by molar-refractivity contribution is 5.34. The van der Waals surface area contributed by atoms with E-state index in [0.717, 1.165) is 11.1 Å². The van der Waals surface area contributed by atoms with E-state index in [1.54, 1.807) is 0 Å². The molecule has 96 valence electrons. The molecular formula is C13H21FN2O. The van der Waals surface area contributed by atoms with E-state index in [4.69, 9.17) is 10.6 Å². The first-order chi connectivity index (χ1) is 8.01. The van der Waals surface area contributed by atoms with Gasteiger partial charge in [0, 0.05) is 12.2 Å². The Morgan fingerprint density at radius 1 is 1.41 bits per heavy atom. The van der Waals surface area contributed by atoms with Crippen LogP contribution in [0.15, 0.2) is 12.1 Å². The molecule has 0 fully saturated rings. The fraction of sp³-hybridized carbons (Fsp3) is 0.538. The lowest BCUT2D eigenvalue weighted by Gasteiger charge is -2.25. The molecule has 4 heteroatoms. The molecule has 0 amide bonds. The van der Waals surface area contributed by atoms with E-state index in [1.807, 2.05) is 33.8 Å². The van der Waals surface area contributed by atoms with Crippen LogP contribution in [0.25, 0.3) is 0 Å². The van der Waals surface area contributed by atoms with Crippen LogP contribution in [0.4, 0.5) is 4.39 Å². The number of hydrazine groups is 1. The van der Waals surface area contributed by atoms with Crippen molar-refractivity contribution in [2.45, 2.75) is 39.8 Å². The van der Waals surface area contributed by atoms with Gasteiger partial charge in [0.15, 0.2) is 0 Å². The third kappa shape index (κ3) is 3.25. The second-order valence-electron chi connectivity index (χ2n) is 4.28. The molecule has 1 aromatic carbocycles. The number of halogens is 1. The van der Waals surface area contributed by atoms with Crippen LogP contribution in [0.3, 0.4) is 0 Å². The number of ether oxygens (including phenoxy) is 1. The normalized spacial score (nSPS) is 14.7. The van der Waals surface area contributed by atoms with E-state index in [2.05, 4.69) is 5.43 Å². The summed E-state index contributed by atoms with van der Waals surface area (Å²) in [6.07, 6.45) is -0.180. The van der Waals surface area contributed by atoms with Gasteiger partial charge in [-0.3, -0.25) is 11.3 Å². The smallest absolute Gasteiger partial charge is 0.128 e. The van der Waals surface area contributed by atoms with Crippen molar-refractivity contribution in [3.8, 4) is 0 Å². The lowest BCUT2D eigenvalue weighted by Crippen LogP contribution is -2.37. The summed E-state index contributed by atoms with van der Waals surface area (Å²) < 4.78 is 19.5. The zero-order chi connectivity index (χ0) is 13.0. The minimum atomic E-state index is -0.337. The molecule has 2 atom stereocenters.